The van der Waals surface area contributed by atoms with E-state index < -0.39 is 0 Å². The van der Waals surface area contributed by atoms with E-state index in [2.05, 4.69) is 30.0 Å². The highest BCUT2D eigenvalue weighted by Gasteiger charge is 2.19. The number of rotatable bonds is 6. The van der Waals surface area contributed by atoms with Crippen LogP contribution in [0.4, 0.5) is 5.82 Å². The molecule has 0 atom stereocenters. The Balaban J connectivity index is 1.19. The number of aromatic nitrogens is 7. The predicted molar refractivity (Wildman–Crippen MR) is 120 cm³/mol. The normalized spacial score (nSPS) is 14.6. The Morgan fingerprint density at radius 2 is 1.72 bits per heavy atom. The Kier molecular flexibility index (Phi) is 5.67. The van der Waals surface area contributed by atoms with Crippen LogP contribution in [0.1, 0.15) is 0 Å². The molecule has 0 N–H and O–H groups in total. The molecule has 10 nitrogen and oxygen atoms in total. The molecule has 0 amide bonds. The average Bonchev–Trinajstić information content (AvgIpc) is 3.40. The van der Waals surface area contributed by atoms with Gasteiger partial charge in [0.2, 0.25) is 0 Å². The van der Waals surface area contributed by atoms with Gasteiger partial charge < -0.3 is 4.90 Å². The first-order chi connectivity index (χ1) is 15.8. The topological polar surface area (TPSA) is 97.9 Å². The molecule has 0 aliphatic carbocycles. The number of hydrogen-bond acceptors (Lipinski definition) is 8. The zero-order valence-electron chi connectivity index (χ0n) is 17.5. The second kappa shape index (κ2) is 9.06. The molecule has 5 heterocycles. The summed E-state index contributed by atoms with van der Waals surface area (Å²) in [5.74, 6) is 1.55. The van der Waals surface area contributed by atoms with Crippen LogP contribution in [0.15, 0.2) is 72.3 Å². The molecule has 0 bridgehead atoms. The Bertz CT molecular complexity index is 1220. The van der Waals surface area contributed by atoms with Gasteiger partial charge in [-0.25, -0.2) is 14.3 Å². The lowest BCUT2D eigenvalue weighted by Crippen LogP contribution is -2.48. The smallest absolute Gasteiger partial charge is 0.266 e. The summed E-state index contributed by atoms with van der Waals surface area (Å²) < 4.78 is 3.24. The maximum Gasteiger partial charge on any atom is 0.266 e. The molecule has 5 rings (SSSR count). The molecule has 1 saturated heterocycles. The number of anilines is 1. The number of nitrogens with zero attached hydrogens (tertiary/aromatic N) is 9. The van der Waals surface area contributed by atoms with Crippen LogP contribution >= 0.6 is 0 Å². The molecular formula is C22H23N9O. The molecular weight excluding hydrogens is 406 g/mol. The highest BCUT2D eigenvalue weighted by atomic mass is 16.1. The SMILES string of the molecule is O=c1ccc(-c2cccnc2)nn1CCN1CCN(c2cncc(-n3cccn3)n2)CC1. The van der Waals surface area contributed by atoms with E-state index in [4.69, 9.17) is 4.98 Å². The van der Waals surface area contributed by atoms with Gasteiger partial charge in [-0.3, -0.25) is 19.7 Å². The summed E-state index contributed by atoms with van der Waals surface area (Å²) in [6.07, 6.45) is 10.5. The molecule has 0 spiro atoms. The van der Waals surface area contributed by atoms with Crippen molar-refractivity contribution >= 4 is 5.82 Å². The molecule has 0 unspecified atom stereocenters. The van der Waals surface area contributed by atoms with Crippen LogP contribution in [0.3, 0.4) is 0 Å². The van der Waals surface area contributed by atoms with E-state index in [1.165, 1.54) is 4.68 Å². The third kappa shape index (κ3) is 4.40. The first-order valence-electron chi connectivity index (χ1n) is 10.5. The molecule has 162 valence electrons. The van der Waals surface area contributed by atoms with Crippen LogP contribution in [0.25, 0.3) is 17.1 Å². The summed E-state index contributed by atoms with van der Waals surface area (Å²) in [6, 6.07) is 8.97. The Hall–Kier alpha value is -3.92. The van der Waals surface area contributed by atoms with Gasteiger partial charge >= 0.3 is 0 Å². The van der Waals surface area contributed by atoms with Crippen LogP contribution in [-0.2, 0) is 6.54 Å². The minimum absolute atomic E-state index is 0.0954. The molecule has 4 aromatic heterocycles. The zero-order valence-corrected chi connectivity index (χ0v) is 17.5. The molecule has 1 aliphatic rings. The largest absolute Gasteiger partial charge is 0.353 e. The molecule has 0 aromatic carbocycles. The first kappa shape index (κ1) is 20.0. The molecule has 10 heteroatoms. The summed E-state index contributed by atoms with van der Waals surface area (Å²) >= 11 is 0. The molecule has 4 aromatic rings. The van der Waals surface area contributed by atoms with E-state index in [1.54, 1.807) is 47.8 Å². The van der Waals surface area contributed by atoms with Gasteiger partial charge in [-0.05, 0) is 24.3 Å². The van der Waals surface area contributed by atoms with Gasteiger partial charge in [0.1, 0.15) is 5.82 Å². The summed E-state index contributed by atoms with van der Waals surface area (Å²) in [4.78, 5) is 30.0. The van der Waals surface area contributed by atoms with Gasteiger partial charge in [0.25, 0.3) is 5.56 Å². The van der Waals surface area contributed by atoms with Crippen molar-refractivity contribution in [2.45, 2.75) is 6.54 Å². The van der Waals surface area contributed by atoms with E-state index in [1.807, 2.05) is 24.4 Å². The second-order valence-corrected chi connectivity index (χ2v) is 7.54. The van der Waals surface area contributed by atoms with Gasteiger partial charge in [0, 0.05) is 69.1 Å². The fourth-order valence-electron chi connectivity index (χ4n) is 3.73. The predicted octanol–water partition coefficient (Wildman–Crippen LogP) is 1.10. The highest BCUT2D eigenvalue weighted by molar-refractivity contribution is 5.56. The Morgan fingerprint density at radius 3 is 2.50 bits per heavy atom. The van der Waals surface area contributed by atoms with Crippen LogP contribution in [0, 0.1) is 0 Å². The average molecular weight is 429 g/mol. The Labute approximate surface area is 184 Å². The molecule has 0 saturated carbocycles. The Morgan fingerprint density at radius 1 is 0.844 bits per heavy atom. The van der Waals surface area contributed by atoms with Crippen molar-refractivity contribution < 1.29 is 0 Å². The summed E-state index contributed by atoms with van der Waals surface area (Å²) in [5, 5.41) is 8.74. The van der Waals surface area contributed by atoms with E-state index in [9.17, 15) is 4.79 Å². The van der Waals surface area contributed by atoms with E-state index in [0.717, 1.165) is 49.8 Å². The third-order valence-electron chi connectivity index (χ3n) is 5.50. The summed E-state index contributed by atoms with van der Waals surface area (Å²) in [7, 11) is 0. The van der Waals surface area contributed by atoms with Crippen molar-refractivity contribution in [3.63, 3.8) is 0 Å². The van der Waals surface area contributed by atoms with Gasteiger partial charge in [0.05, 0.1) is 24.6 Å². The molecule has 32 heavy (non-hydrogen) atoms. The van der Waals surface area contributed by atoms with Crippen molar-refractivity contribution in [3.05, 3.63) is 77.9 Å². The minimum Gasteiger partial charge on any atom is -0.353 e. The zero-order chi connectivity index (χ0) is 21.8. The monoisotopic (exact) mass is 429 g/mol. The van der Waals surface area contributed by atoms with Gasteiger partial charge in [-0.15, -0.1) is 0 Å². The van der Waals surface area contributed by atoms with Gasteiger partial charge in [-0.2, -0.15) is 10.2 Å². The highest BCUT2D eigenvalue weighted by Crippen LogP contribution is 2.15. The van der Waals surface area contributed by atoms with Crippen molar-refractivity contribution in [3.8, 4) is 17.1 Å². The van der Waals surface area contributed by atoms with Crippen molar-refractivity contribution in [2.24, 2.45) is 0 Å². The summed E-state index contributed by atoms with van der Waals surface area (Å²) in [5.41, 5.74) is 1.55. The number of piperazine rings is 1. The lowest BCUT2D eigenvalue weighted by atomic mass is 10.2. The third-order valence-corrected chi connectivity index (χ3v) is 5.50. The first-order valence-corrected chi connectivity index (χ1v) is 10.5. The lowest BCUT2D eigenvalue weighted by Gasteiger charge is -2.35. The van der Waals surface area contributed by atoms with E-state index >= 15 is 0 Å². The second-order valence-electron chi connectivity index (χ2n) is 7.54. The minimum atomic E-state index is -0.0954. The number of hydrogen-bond donors (Lipinski definition) is 0. The fraction of sp³-hybridized carbons (Fsp3) is 0.273. The maximum absolute atomic E-state index is 12.3. The van der Waals surface area contributed by atoms with Crippen LogP contribution in [-0.4, -0.2) is 72.1 Å². The number of pyridine rings is 1. The van der Waals surface area contributed by atoms with Crippen LogP contribution < -0.4 is 10.5 Å². The van der Waals surface area contributed by atoms with Crippen LogP contribution in [0.2, 0.25) is 0 Å². The fourth-order valence-corrected chi connectivity index (χ4v) is 3.73. The van der Waals surface area contributed by atoms with Crippen molar-refractivity contribution in [2.75, 3.05) is 37.6 Å². The van der Waals surface area contributed by atoms with E-state index in [-0.39, 0.29) is 5.56 Å². The lowest BCUT2D eigenvalue weighted by molar-refractivity contribution is 0.242. The summed E-state index contributed by atoms with van der Waals surface area (Å²) in [6.45, 7) is 4.75. The molecule has 0 radical (unpaired) electrons. The van der Waals surface area contributed by atoms with Gasteiger partial charge in [-0.1, -0.05) is 0 Å². The quantitative estimate of drug-likeness (QED) is 0.450. The van der Waals surface area contributed by atoms with Gasteiger partial charge in [0.15, 0.2) is 5.82 Å². The molecule has 1 aliphatic heterocycles. The van der Waals surface area contributed by atoms with Crippen molar-refractivity contribution in [1.82, 2.24) is 39.4 Å². The molecule has 1 fully saturated rings. The maximum atomic E-state index is 12.3. The van der Waals surface area contributed by atoms with E-state index in [0.29, 0.717) is 12.4 Å². The van der Waals surface area contributed by atoms with Crippen LogP contribution in [0.5, 0.6) is 0 Å². The standard InChI is InChI=1S/C22H23N9O/c32-22-5-4-19(18-3-1-6-23-15-18)27-31(22)14-11-28-9-12-29(13-10-28)20-16-24-17-21(26-20)30-8-2-7-25-30/h1-8,15-17H,9-14H2. The van der Waals surface area contributed by atoms with Crippen molar-refractivity contribution in [1.29, 1.82) is 0 Å².